The van der Waals surface area contributed by atoms with Gasteiger partial charge in [-0.2, -0.15) is 0 Å². The molecule has 0 saturated carbocycles. The van der Waals surface area contributed by atoms with Gasteiger partial charge in [0.2, 0.25) is 0 Å². The Labute approximate surface area is 117 Å². The number of rotatable bonds is 3. The average molecular weight is 277 g/mol. The van der Waals surface area contributed by atoms with Crippen molar-refractivity contribution in [2.75, 3.05) is 7.11 Å². The fourth-order valence-electron chi connectivity index (χ4n) is 1.99. The van der Waals surface area contributed by atoms with E-state index in [1.165, 1.54) is 11.5 Å². The van der Waals surface area contributed by atoms with Crippen LogP contribution >= 0.6 is 11.5 Å². The second kappa shape index (κ2) is 5.27. The van der Waals surface area contributed by atoms with Crippen LogP contribution < -0.4 is 10.5 Å². The number of aromatic nitrogens is 2. The van der Waals surface area contributed by atoms with Crippen molar-refractivity contribution >= 4 is 11.5 Å². The quantitative estimate of drug-likeness (QED) is 0.937. The van der Waals surface area contributed by atoms with E-state index in [2.05, 4.69) is 30.4 Å². The van der Waals surface area contributed by atoms with Gasteiger partial charge in [-0.05, 0) is 17.6 Å². The van der Waals surface area contributed by atoms with Crippen molar-refractivity contribution in [2.45, 2.75) is 32.2 Å². The molecular weight excluding hydrogens is 258 g/mol. The largest absolute Gasteiger partial charge is 0.496 e. The molecule has 0 spiro atoms. The summed E-state index contributed by atoms with van der Waals surface area (Å²) in [5.41, 5.74) is 8.23. The van der Waals surface area contributed by atoms with Gasteiger partial charge >= 0.3 is 0 Å². The normalized spacial score (nSPS) is 13.3. The molecule has 19 heavy (non-hydrogen) atoms. The third kappa shape index (κ3) is 2.77. The van der Waals surface area contributed by atoms with Crippen LogP contribution in [0.15, 0.2) is 24.3 Å². The number of methoxy groups -OCH3 is 1. The molecule has 1 heterocycles. The second-order valence-corrected chi connectivity index (χ2v) is 6.24. The number of benzene rings is 1. The standard InChI is InChI=1S/C14H19N3OS/c1-14(2,3)13-12(19-17-16-13)11(15)9-7-5-6-8-10(9)18-4/h5-8,11H,15H2,1-4H3. The summed E-state index contributed by atoms with van der Waals surface area (Å²) in [6.07, 6.45) is 0. The minimum Gasteiger partial charge on any atom is -0.496 e. The number of hydrogen-bond donors (Lipinski definition) is 1. The molecule has 0 aliphatic carbocycles. The fraction of sp³-hybridized carbons (Fsp3) is 0.429. The summed E-state index contributed by atoms with van der Waals surface area (Å²) in [6.45, 7) is 6.34. The lowest BCUT2D eigenvalue weighted by molar-refractivity contribution is 0.407. The minimum absolute atomic E-state index is 0.0675. The maximum Gasteiger partial charge on any atom is 0.124 e. The van der Waals surface area contributed by atoms with Crippen molar-refractivity contribution in [2.24, 2.45) is 5.73 Å². The molecule has 1 aromatic heterocycles. The van der Waals surface area contributed by atoms with Gasteiger partial charge in [-0.3, -0.25) is 0 Å². The Kier molecular flexibility index (Phi) is 3.87. The molecule has 2 N–H and O–H groups in total. The number of nitrogens with zero attached hydrogens (tertiary/aromatic N) is 2. The molecule has 102 valence electrons. The number of nitrogens with two attached hydrogens (primary N) is 1. The lowest BCUT2D eigenvalue weighted by atomic mass is 9.89. The SMILES string of the molecule is COc1ccccc1C(N)c1snnc1C(C)(C)C. The molecule has 2 aromatic rings. The predicted molar refractivity (Wildman–Crippen MR) is 77.6 cm³/mol. The van der Waals surface area contributed by atoms with Crippen LogP contribution in [-0.2, 0) is 5.41 Å². The first-order valence-electron chi connectivity index (χ1n) is 6.16. The van der Waals surface area contributed by atoms with E-state index in [4.69, 9.17) is 10.5 Å². The summed E-state index contributed by atoms with van der Waals surface area (Å²) < 4.78 is 9.44. The van der Waals surface area contributed by atoms with Gasteiger partial charge in [0.25, 0.3) is 0 Å². The van der Waals surface area contributed by atoms with Gasteiger partial charge in [-0.15, -0.1) is 5.10 Å². The van der Waals surface area contributed by atoms with Crippen LogP contribution in [0.4, 0.5) is 0 Å². The van der Waals surface area contributed by atoms with Crippen LogP contribution in [0, 0.1) is 0 Å². The lowest BCUT2D eigenvalue weighted by Gasteiger charge is -2.20. The Balaban J connectivity index is 2.45. The van der Waals surface area contributed by atoms with E-state index in [9.17, 15) is 0 Å². The van der Waals surface area contributed by atoms with E-state index < -0.39 is 0 Å². The van der Waals surface area contributed by atoms with Crippen molar-refractivity contribution in [3.63, 3.8) is 0 Å². The summed E-state index contributed by atoms with van der Waals surface area (Å²) in [5.74, 6) is 0.795. The van der Waals surface area contributed by atoms with E-state index in [-0.39, 0.29) is 11.5 Å². The molecule has 0 aliphatic heterocycles. The second-order valence-electron chi connectivity index (χ2n) is 5.46. The summed E-state index contributed by atoms with van der Waals surface area (Å²) in [4.78, 5) is 0.997. The average Bonchev–Trinajstić information content (AvgIpc) is 2.87. The molecule has 5 heteroatoms. The van der Waals surface area contributed by atoms with Gasteiger partial charge in [0, 0.05) is 11.0 Å². The van der Waals surface area contributed by atoms with E-state index in [1.807, 2.05) is 24.3 Å². The van der Waals surface area contributed by atoms with Crippen LogP contribution in [-0.4, -0.2) is 16.7 Å². The van der Waals surface area contributed by atoms with Gasteiger partial charge in [-0.1, -0.05) is 43.5 Å². The van der Waals surface area contributed by atoms with E-state index in [0.29, 0.717) is 0 Å². The Morgan fingerprint density at radius 3 is 2.58 bits per heavy atom. The molecule has 0 radical (unpaired) electrons. The summed E-state index contributed by atoms with van der Waals surface area (Å²) in [5, 5.41) is 4.24. The fourth-order valence-corrected chi connectivity index (χ4v) is 2.87. The molecule has 1 aromatic carbocycles. The molecule has 2 rings (SSSR count). The van der Waals surface area contributed by atoms with Crippen molar-refractivity contribution < 1.29 is 4.74 Å². The summed E-state index contributed by atoms with van der Waals surface area (Å²) in [6, 6.07) is 7.54. The third-order valence-corrected chi connectivity index (χ3v) is 3.79. The summed E-state index contributed by atoms with van der Waals surface area (Å²) >= 11 is 1.36. The van der Waals surface area contributed by atoms with Gasteiger partial charge < -0.3 is 10.5 Å². The zero-order valence-corrected chi connectivity index (χ0v) is 12.5. The Hall–Kier alpha value is -1.46. The first-order chi connectivity index (χ1) is 8.95. The van der Waals surface area contributed by atoms with Crippen molar-refractivity contribution in [3.05, 3.63) is 40.4 Å². The van der Waals surface area contributed by atoms with Crippen LogP contribution in [0.25, 0.3) is 0 Å². The first kappa shape index (κ1) is 14.0. The molecule has 0 aliphatic rings. The monoisotopic (exact) mass is 277 g/mol. The van der Waals surface area contributed by atoms with Crippen molar-refractivity contribution in [1.82, 2.24) is 9.59 Å². The number of ether oxygens (including phenoxy) is 1. The highest BCUT2D eigenvalue weighted by Gasteiger charge is 2.27. The lowest BCUT2D eigenvalue weighted by Crippen LogP contribution is -2.20. The molecule has 1 atom stereocenters. The molecule has 0 fully saturated rings. The Morgan fingerprint density at radius 2 is 1.95 bits per heavy atom. The van der Waals surface area contributed by atoms with E-state index in [1.54, 1.807) is 7.11 Å². The number of hydrogen-bond acceptors (Lipinski definition) is 5. The van der Waals surface area contributed by atoms with Gasteiger partial charge in [0.05, 0.1) is 23.7 Å². The van der Waals surface area contributed by atoms with Crippen molar-refractivity contribution in [3.8, 4) is 5.75 Å². The van der Waals surface area contributed by atoms with Crippen LogP contribution in [0.2, 0.25) is 0 Å². The molecule has 0 bridgehead atoms. The van der Waals surface area contributed by atoms with E-state index >= 15 is 0 Å². The third-order valence-electron chi connectivity index (χ3n) is 2.98. The molecule has 0 saturated heterocycles. The first-order valence-corrected chi connectivity index (χ1v) is 6.93. The van der Waals surface area contributed by atoms with Crippen LogP contribution in [0.5, 0.6) is 5.75 Å². The van der Waals surface area contributed by atoms with Gasteiger partial charge in [0.1, 0.15) is 5.75 Å². The van der Waals surface area contributed by atoms with Crippen LogP contribution in [0.1, 0.15) is 42.9 Å². The maximum absolute atomic E-state index is 6.39. The molecule has 4 nitrogen and oxygen atoms in total. The zero-order chi connectivity index (χ0) is 14.0. The molecule has 1 unspecified atom stereocenters. The van der Waals surface area contributed by atoms with Gasteiger partial charge in [0.15, 0.2) is 0 Å². The maximum atomic E-state index is 6.39. The highest BCUT2D eigenvalue weighted by molar-refractivity contribution is 7.05. The minimum atomic E-state index is -0.259. The highest BCUT2D eigenvalue weighted by Crippen LogP contribution is 2.35. The predicted octanol–water partition coefficient (Wildman–Crippen LogP) is 2.89. The topological polar surface area (TPSA) is 61.0 Å². The molecule has 0 amide bonds. The zero-order valence-electron chi connectivity index (χ0n) is 11.7. The number of para-hydroxylation sites is 1. The molecular formula is C14H19N3OS. The highest BCUT2D eigenvalue weighted by atomic mass is 32.1. The Morgan fingerprint density at radius 1 is 1.26 bits per heavy atom. The van der Waals surface area contributed by atoms with Gasteiger partial charge in [-0.25, -0.2) is 0 Å². The van der Waals surface area contributed by atoms with Crippen molar-refractivity contribution in [1.29, 1.82) is 0 Å². The van der Waals surface area contributed by atoms with E-state index in [0.717, 1.165) is 21.9 Å². The Bertz CT molecular complexity index is 560. The van der Waals surface area contributed by atoms with Crippen LogP contribution in [0.3, 0.4) is 0 Å². The smallest absolute Gasteiger partial charge is 0.124 e. The summed E-state index contributed by atoms with van der Waals surface area (Å²) in [7, 11) is 1.65.